The highest BCUT2D eigenvalue weighted by Crippen LogP contribution is 2.36. The second-order valence-electron chi connectivity index (χ2n) is 10.5. The number of rotatable bonds is 10. The van der Waals surface area contributed by atoms with Gasteiger partial charge in [-0.05, 0) is 77.3 Å². The average Bonchev–Trinajstić information content (AvgIpc) is 3.64. The fourth-order valence-electron chi connectivity index (χ4n) is 5.67. The Bertz CT molecular complexity index is 1250. The maximum atomic E-state index is 13.9. The number of halogens is 1. The lowest BCUT2D eigenvalue weighted by Crippen LogP contribution is -2.55. The number of benzene rings is 2. The Balaban J connectivity index is 1.46. The minimum Gasteiger partial charge on any atom is -0.482 e. The quantitative estimate of drug-likeness (QED) is 0.334. The van der Waals surface area contributed by atoms with E-state index in [9.17, 15) is 19.8 Å². The maximum absolute atomic E-state index is 13.9. The summed E-state index contributed by atoms with van der Waals surface area (Å²) in [6.45, 7) is 0.306. The molecule has 10 heteroatoms. The minimum absolute atomic E-state index is 0.0568. The summed E-state index contributed by atoms with van der Waals surface area (Å²) in [4.78, 5) is 28.7. The number of amides is 2. The van der Waals surface area contributed by atoms with E-state index in [0.717, 1.165) is 34.8 Å². The first-order valence-corrected chi connectivity index (χ1v) is 14.9. The number of ether oxygens (including phenoxy) is 3. The van der Waals surface area contributed by atoms with Gasteiger partial charge in [0.05, 0.1) is 16.2 Å². The zero-order chi connectivity index (χ0) is 28.1. The lowest BCUT2D eigenvalue weighted by molar-refractivity contribution is -0.140. The van der Waals surface area contributed by atoms with Gasteiger partial charge in [0.25, 0.3) is 0 Å². The van der Waals surface area contributed by atoms with Crippen molar-refractivity contribution in [2.45, 2.75) is 63.3 Å². The van der Waals surface area contributed by atoms with Gasteiger partial charge in [0, 0.05) is 31.5 Å². The first-order valence-electron chi connectivity index (χ1n) is 13.8. The number of aliphatic hydroxyl groups is 2. The predicted octanol–water partition coefficient (Wildman–Crippen LogP) is 3.54. The van der Waals surface area contributed by atoms with Crippen molar-refractivity contribution in [3.8, 4) is 17.2 Å². The summed E-state index contributed by atoms with van der Waals surface area (Å²) in [6, 6.07) is 12.3. The van der Waals surface area contributed by atoms with Gasteiger partial charge in [0.15, 0.2) is 11.5 Å². The lowest BCUT2D eigenvalue weighted by atomic mass is 9.87. The number of para-hydroxylation sites is 1. The fraction of sp³-hybridized carbons (Fsp3) is 0.467. The van der Waals surface area contributed by atoms with E-state index in [4.69, 9.17) is 14.2 Å². The first kappa shape index (κ1) is 28.7. The molecule has 0 spiro atoms. The molecule has 0 radical (unpaired) electrons. The van der Waals surface area contributed by atoms with Crippen LogP contribution in [-0.2, 0) is 16.1 Å². The van der Waals surface area contributed by atoms with Crippen LogP contribution in [0.15, 0.2) is 54.1 Å². The zero-order valence-electron chi connectivity index (χ0n) is 22.3. The van der Waals surface area contributed by atoms with Crippen molar-refractivity contribution in [3.63, 3.8) is 0 Å². The van der Waals surface area contributed by atoms with E-state index < -0.39 is 18.2 Å². The number of aliphatic hydroxyl groups excluding tert-OH is 2. The van der Waals surface area contributed by atoms with E-state index in [1.165, 1.54) is 0 Å². The first-order chi connectivity index (χ1) is 19.4. The number of carbonyl (C=O) groups excluding carboxylic acids is 2. The molecular weight excluding hydrogens is 627 g/mol. The normalized spacial score (nSPS) is 22.1. The molecular formula is C30H35IN2O7. The molecule has 3 aliphatic rings. The van der Waals surface area contributed by atoms with Gasteiger partial charge < -0.3 is 34.6 Å². The van der Waals surface area contributed by atoms with Crippen LogP contribution in [-0.4, -0.2) is 65.1 Å². The molecule has 3 atom stereocenters. The third kappa shape index (κ3) is 6.72. The fourth-order valence-corrected chi connectivity index (χ4v) is 6.19. The Morgan fingerprint density at radius 3 is 2.65 bits per heavy atom. The van der Waals surface area contributed by atoms with E-state index in [0.29, 0.717) is 35.2 Å². The van der Waals surface area contributed by atoms with E-state index in [-0.39, 0.29) is 44.7 Å². The second kappa shape index (κ2) is 13.2. The standard InChI is InChI=1S/C30H35IN2O7/c31-22-7-3-4-8-24(22)40-27-16-21(30(37)32-11-12-34)15-23(29(27)36)33(28(35)14-19-5-1-2-6-19)17-20-9-10-25-26(13-20)39-18-38-25/h3-4,7-10,13,16,19,23,27,29,34,36H,1-2,5-6,11-12,14-15,17-18H2,(H,32,37). The molecule has 0 saturated heterocycles. The highest BCUT2D eigenvalue weighted by atomic mass is 127. The van der Waals surface area contributed by atoms with Gasteiger partial charge in [0.1, 0.15) is 18.0 Å². The highest BCUT2D eigenvalue weighted by Gasteiger charge is 2.41. The van der Waals surface area contributed by atoms with Gasteiger partial charge in [0.2, 0.25) is 18.6 Å². The third-order valence-electron chi connectivity index (χ3n) is 7.76. The molecule has 0 bridgehead atoms. The summed E-state index contributed by atoms with van der Waals surface area (Å²) in [7, 11) is 0. The number of fused-ring (bicyclic) bond motifs is 1. The highest BCUT2D eigenvalue weighted by molar-refractivity contribution is 14.1. The van der Waals surface area contributed by atoms with Crippen LogP contribution < -0.4 is 19.5 Å². The summed E-state index contributed by atoms with van der Waals surface area (Å²) in [5.41, 5.74) is 1.25. The van der Waals surface area contributed by atoms with Gasteiger partial charge in [-0.2, -0.15) is 0 Å². The molecule has 3 N–H and O–H groups in total. The molecule has 3 unspecified atom stereocenters. The second-order valence-corrected chi connectivity index (χ2v) is 11.7. The van der Waals surface area contributed by atoms with Gasteiger partial charge >= 0.3 is 0 Å². The van der Waals surface area contributed by atoms with Crippen LogP contribution in [0.1, 0.15) is 44.1 Å². The summed E-state index contributed by atoms with van der Waals surface area (Å²) < 4.78 is 18.1. The molecule has 9 nitrogen and oxygen atoms in total. The van der Waals surface area contributed by atoms with Crippen molar-refractivity contribution in [2.75, 3.05) is 19.9 Å². The smallest absolute Gasteiger partial charge is 0.247 e. The van der Waals surface area contributed by atoms with Crippen LogP contribution in [0.3, 0.4) is 0 Å². The Kier molecular flexibility index (Phi) is 9.48. The maximum Gasteiger partial charge on any atom is 0.247 e. The lowest BCUT2D eigenvalue weighted by Gasteiger charge is -2.41. The molecule has 2 aromatic carbocycles. The van der Waals surface area contributed by atoms with Crippen molar-refractivity contribution in [2.24, 2.45) is 5.92 Å². The van der Waals surface area contributed by atoms with Crippen LogP contribution in [0.4, 0.5) is 0 Å². The molecule has 1 saturated carbocycles. The van der Waals surface area contributed by atoms with Gasteiger partial charge in [-0.3, -0.25) is 9.59 Å². The third-order valence-corrected chi connectivity index (χ3v) is 8.65. The van der Waals surface area contributed by atoms with Gasteiger partial charge in [-0.25, -0.2) is 0 Å². The van der Waals surface area contributed by atoms with E-state index in [1.54, 1.807) is 11.0 Å². The van der Waals surface area contributed by atoms with E-state index in [1.807, 2.05) is 42.5 Å². The number of hydrogen-bond acceptors (Lipinski definition) is 7. The molecule has 0 aromatic heterocycles. The van der Waals surface area contributed by atoms with Crippen molar-refractivity contribution in [3.05, 3.63) is 63.2 Å². The van der Waals surface area contributed by atoms with Crippen molar-refractivity contribution in [1.29, 1.82) is 0 Å². The van der Waals surface area contributed by atoms with Crippen molar-refractivity contribution in [1.82, 2.24) is 10.2 Å². The molecule has 2 aliphatic carbocycles. The Labute approximate surface area is 247 Å². The summed E-state index contributed by atoms with van der Waals surface area (Å²) in [6.07, 6.45) is 4.53. The van der Waals surface area contributed by atoms with Crippen LogP contribution in [0.5, 0.6) is 17.2 Å². The van der Waals surface area contributed by atoms with Crippen molar-refractivity contribution >= 4 is 34.4 Å². The summed E-state index contributed by atoms with van der Waals surface area (Å²) >= 11 is 2.17. The predicted molar refractivity (Wildman–Crippen MR) is 156 cm³/mol. The SMILES string of the molecule is O=C(NCCO)C1=CC(Oc2ccccc2I)C(O)C(N(Cc2ccc3c(c2)OCO3)C(=O)CC2CCCC2)C1. The number of hydrogen-bond donors (Lipinski definition) is 3. The monoisotopic (exact) mass is 662 g/mol. The zero-order valence-corrected chi connectivity index (χ0v) is 24.4. The van der Waals surface area contributed by atoms with Crippen LogP contribution in [0.25, 0.3) is 0 Å². The molecule has 1 heterocycles. The Hall–Kier alpha value is -2.83. The number of carbonyl (C=O) groups is 2. The van der Waals surface area contributed by atoms with Crippen LogP contribution in [0, 0.1) is 9.49 Å². The molecule has 40 heavy (non-hydrogen) atoms. The Morgan fingerprint density at radius 1 is 1.10 bits per heavy atom. The topological polar surface area (TPSA) is 118 Å². The largest absolute Gasteiger partial charge is 0.482 e. The van der Waals surface area contributed by atoms with Gasteiger partial charge in [-0.15, -0.1) is 0 Å². The number of nitrogens with one attached hydrogen (secondary N) is 1. The average molecular weight is 663 g/mol. The molecule has 214 valence electrons. The van der Waals surface area contributed by atoms with Crippen molar-refractivity contribution < 1.29 is 34.0 Å². The molecule has 2 amide bonds. The number of nitrogens with zero attached hydrogens (tertiary/aromatic N) is 1. The molecule has 5 rings (SSSR count). The van der Waals surface area contributed by atoms with Gasteiger partial charge in [-0.1, -0.05) is 31.0 Å². The minimum atomic E-state index is -1.08. The van der Waals surface area contributed by atoms with Crippen LogP contribution >= 0.6 is 22.6 Å². The summed E-state index contributed by atoms with van der Waals surface area (Å²) in [5.74, 6) is 1.76. The Morgan fingerprint density at radius 2 is 1.88 bits per heavy atom. The summed E-state index contributed by atoms with van der Waals surface area (Å²) in [5, 5.41) is 23.6. The molecule has 1 fully saturated rings. The van der Waals surface area contributed by atoms with E-state index >= 15 is 0 Å². The molecule has 2 aromatic rings. The van der Waals surface area contributed by atoms with Crippen LogP contribution in [0.2, 0.25) is 0 Å². The van der Waals surface area contributed by atoms with E-state index in [2.05, 4.69) is 27.9 Å². The molecule has 1 aliphatic heterocycles.